The van der Waals surface area contributed by atoms with Crippen LogP contribution in [0.3, 0.4) is 0 Å². The minimum absolute atomic E-state index is 0.0274. The smallest absolute Gasteiger partial charge is 0.327 e. The van der Waals surface area contributed by atoms with E-state index in [9.17, 15) is 9.59 Å². The van der Waals surface area contributed by atoms with Crippen molar-refractivity contribution in [2.24, 2.45) is 0 Å². The second-order valence-electron chi connectivity index (χ2n) is 9.48. The maximum absolute atomic E-state index is 13.2. The molecule has 1 N–H and O–H groups in total. The van der Waals surface area contributed by atoms with Crippen molar-refractivity contribution in [1.82, 2.24) is 30.1 Å². The van der Waals surface area contributed by atoms with Crippen LogP contribution in [0.25, 0.3) is 10.9 Å². The van der Waals surface area contributed by atoms with Gasteiger partial charge in [0.15, 0.2) is 5.82 Å². The molecule has 4 rings (SSSR count). The number of aromatic nitrogens is 5. The average molecular weight is 481 g/mol. The van der Waals surface area contributed by atoms with Gasteiger partial charge in [0.1, 0.15) is 6.54 Å². The Bertz CT molecular complexity index is 1230. The summed E-state index contributed by atoms with van der Waals surface area (Å²) in [6.45, 7) is 8.75. The van der Waals surface area contributed by atoms with Crippen molar-refractivity contribution in [2.75, 3.05) is 6.61 Å². The van der Waals surface area contributed by atoms with Crippen LogP contribution in [0.4, 0.5) is 0 Å². The first-order chi connectivity index (χ1) is 16.9. The highest BCUT2D eigenvalue weighted by molar-refractivity contribution is 5.83. The summed E-state index contributed by atoms with van der Waals surface area (Å²) in [6, 6.07) is 6.37. The van der Waals surface area contributed by atoms with Gasteiger partial charge in [0.2, 0.25) is 0 Å². The molecule has 188 valence electrons. The summed E-state index contributed by atoms with van der Waals surface area (Å²) in [7, 11) is 0. The number of ether oxygens (including phenoxy) is 1. The van der Waals surface area contributed by atoms with E-state index >= 15 is 0 Å². The third-order valence-corrected chi connectivity index (χ3v) is 7.25. The number of carbonyl (C=O) groups excluding carboxylic acids is 1. The zero-order valence-electron chi connectivity index (χ0n) is 21.2. The number of benzene rings is 1. The zero-order valence-corrected chi connectivity index (χ0v) is 21.2. The fourth-order valence-corrected chi connectivity index (χ4v) is 5.25. The molecule has 0 radical (unpaired) electrons. The van der Waals surface area contributed by atoms with Crippen LogP contribution in [-0.2, 0) is 22.6 Å². The van der Waals surface area contributed by atoms with Crippen molar-refractivity contribution >= 4 is 16.9 Å². The Morgan fingerprint density at radius 1 is 1.23 bits per heavy atom. The molecule has 35 heavy (non-hydrogen) atoms. The lowest BCUT2D eigenvalue weighted by Gasteiger charge is -2.39. The van der Waals surface area contributed by atoms with Gasteiger partial charge in [-0.15, -0.1) is 5.10 Å². The number of aryl methyl sites for hydroxylation is 2. The molecule has 1 saturated carbocycles. The van der Waals surface area contributed by atoms with Gasteiger partial charge in [-0.05, 0) is 73.0 Å². The molecule has 0 aliphatic heterocycles. The van der Waals surface area contributed by atoms with Gasteiger partial charge >= 0.3 is 5.97 Å². The first-order valence-corrected chi connectivity index (χ1v) is 12.7. The number of tetrazole rings is 1. The molecule has 1 atom stereocenters. The van der Waals surface area contributed by atoms with E-state index in [1.54, 1.807) is 11.6 Å². The summed E-state index contributed by atoms with van der Waals surface area (Å²) >= 11 is 0. The average Bonchev–Trinajstić information content (AvgIpc) is 3.30. The lowest BCUT2D eigenvalue weighted by atomic mass is 9.92. The monoisotopic (exact) mass is 480 g/mol. The number of rotatable bonds is 9. The molecule has 9 nitrogen and oxygen atoms in total. The zero-order chi connectivity index (χ0) is 24.9. The predicted octanol–water partition coefficient (Wildman–Crippen LogP) is 3.98. The minimum Gasteiger partial charge on any atom is -0.465 e. The Kier molecular flexibility index (Phi) is 7.95. The number of nitrogens with one attached hydrogen (secondary N) is 1. The van der Waals surface area contributed by atoms with Gasteiger partial charge in [-0.2, -0.15) is 0 Å². The largest absolute Gasteiger partial charge is 0.465 e. The second kappa shape index (κ2) is 11.1. The van der Waals surface area contributed by atoms with Gasteiger partial charge in [0.05, 0.1) is 18.2 Å². The van der Waals surface area contributed by atoms with Crippen LogP contribution in [0, 0.1) is 13.8 Å². The number of nitrogens with zero attached hydrogens (tertiary/aromatic N) is 5. The van der Waals surface area contributed by atoms with Crippen LogP contribution in [0.15, 0.2) is 23.0 Å². The van der Waals surface area contributed by atoms with Crippen molar-refractivity contribution in [3.63, 3.8) is 0 Å². The molecule has 0 unspecified atom stereocenters. The summed E-state index contributed by atoms with van der Waals surface area (Å²) in [4.78, 5) is 30.9. The van der Waals surface area contributed by atoms with Crippen LogP contribution in [0.2, 0.25) is 0 Å². The highest BCUT2D eigenvalue weighted by Crippen LogP contribution is 2.33. The van der Waals surface area contributed by atoms with E-state index in [0.717, 1.165) is 59.7 Å². The Hall–Kier alpha value is -3.07. The first-order valence-electron chi connectivity index (χ1n) is 12.7. The Labute approximate surface area is 205 Å². The quantitative estimate of drug-likeness (QED) is 0.462. The fourth-order valence-electron chi connectivity index (χ4n) is 5.25. The van der Waals surface area contributed by atoms with Crippen molar-refractivity contribution < 1.29 is 9.53 Å². The van der Waals surface area contributed by atoms with Crippen LogP contribution in [0.5, 0.6) is 0 Å². The molecule has 2 heterocycles. The Morgan fingerprint density at radius 3 is 2.71 bits per heavy atom. The van der Waals surface area contributed by atoms with Gasteiger partial charge < -0.3 is 9.72 Å². The molecule has 2 aromatic heterocycles. The molecular weight excluding hydrogens is 444 g/mol. The summed E-state index contributed by atoms with van der Waals surface area (Å²) in [5, 5.41) is 13.3. The van der Waals surface area contributed by atoms with Gasteiger partial charge in [-0.25, -0.2) is 4.68 Å². The number of esters is 1. The van der Waals surface area contributed by atoms with Crippen LogP contribution in [0.1, 0.15) is 80.9 Å². The number of pyridine rings is 1. The van der Waals surface area contributed by atoms with E-state index < -0.39 is 0 Å². The van der Waals surface area contributed by atoms with Gasteiger partial charge in [-0.1, -0.05) is 38.3 Å². The van der Waals surface area contributed by atoms with Crippen molar-refractivity contribution in [2.45, 2.75) is 91.4 Å². The number of aromatic amines is 1. The molecule has 9 heteroatoms. The van der Waals surface area contributed by atoms with Gasteiger partial charge in [0.25, 0.3) is 5.56 Å². The van der Waals surface area contributed by atoms with Crippen LogP contribution in [-0.4, -0.2) is 48.7 Å². The normalized spacial score (nSPS) is 15.6. The maximum Gasteiger partial charge on any atom is 0.327 e. The van der Waals surface area contributed by atoms with E-state index in [2.05, 4.69) is 51.4 Å². The molecular formula is C26H36N6O3. The molecule has 0 bridgehead atoms. The minimum atomic E-state index is -0.364. The maximum atomic E-state index is 13.2. The number of H-pyrrole nitrogens is 1. The number of carbonyl (C=O) groups is 1. The Morgan fingerprint density at radius 2 is 2.00 bits per heavy atom. The van der Waals surface area contributed by atoms with Crippen molar-refractivity contribution in [1.29, 1.82) is 0 Å². The third kappa shape index (κ3) is 5.45. The van der Waals surface area contributed by atoms with E-state index in [0.29, 0.717) is 25.0 Å². The standard InChI is InChI=1S/C26H36N6O3/c1-5-22(25-28-29-30-32(25)16-23(33)35-6-2)31(21-10-8-7-9-11-21)15-20-14-19-13-12-17(3)18(4)24(19)27-26(20)34/h12-14,21-22H,5-11,15-16H2,1-4H3,(H,27,34)/t22-/m1/s1. The lowest BCUT2D eigenvalue weighted by molar-refractivity contribution is -0.144. The Balaban J connectivity index is 1.71. The molecule has 0 amide bonds. The molecule has 0 saturated heterocycles. The second-order valence-corrected chi connectivity index (χ2v) is 9.48. The number of fused-ring (bicyclic) bond motifs is 1. The highest BCUT2D eigenvalue weighted by atomic mass is 16.5. The number of hydrogen-bond donors (Lipinski definition) is 1. The number of hydrogen-bond acceptors (Lipinski definition) is 7. The van der Waals surface area contributed by atoms with Gasteiger partial charge in [0, 0.05) is 18.2 Å². The fraction of sp³-hybridized carbons (Fsp3) is 0.577. The summed E-state index contributed by atoms with van der Waals surface area (Å²) in [6.07, 6.45) is 6.45. The molecule has 3 aromatic rings. The topological polar surface area (TPSA) is 106 Å². The molecule has 1 fully saturated rings. The summed E-state index contributed by atoms with van der Waals surface area (Å²) < 4.78 is 6.66. The van der Waals surface area contributed by atoms with Crippen LogP contribution >= 0.6 is 0 Å². The molecule has 1 aliphatic carbocycles. The first kappa shape index (κ1) is 25.0. The SMILES string of the molecule is CCOC(=O)Cn1nnnc1[C@@H](CC)N(Cc1cc2ccc(C)c(C)c2[nH]c1=O)C1CCCCC1. The predicted molar refractivity (Wildman–Crippen MR) is 134 cm³/mol. The summed E-state index contributed by atoms with van der Waals surface area (Å²) in [5.41, 5.74) is 3.82. The summed E-state index contributed by atoms with van der Waals surface area (Å²) in [5.74, 6) is 0.270. The lowest BCUT2D eigenvalue weighted by Crippen LogP contribution is -2.41. The van der Waals surface area contributed by atoms with Crippen molar-refractivity contribution in [3.8, 4) is 0 Å². The van der Waals surface area contributed by atoms with Crippen LogP contribution < -0.4 is 5.56 Å². The molecule has 0 spiro atoms. The van der Waals surface area contributed by atoms with E-state index in [1.165, 1.54) is 6.42 Å². The van der Waals surface area contributed by atoms with E-state index in [4.69, 9.17) is 4.74 Å². The van der Waals surface area contributed by atoms with Gasteiger partial charge in [-0.3, -0.25) is 14.5 Å². The molecule has 1 aromatic carbocycles. The van der Waals surface area contributed by atoms with Crippen molar-refractivity contribution in [3.05, 3.63) is 51.1 Å². The molecule has 1 aliphatic rings. The van der Waals surface area contributed by atoms with E-state index in [-0.39, 0.29) is 24.1 Å². The van der Waals surface area contributed by atoms with E-state index in [1.807, 2.05) is 13.0 Å². The highest BCUT2D eigenvalue weighted by Gasteiger charge is 2.32. The third-order valence-electron chi connectivity index (χ3n) is 7.25.